The highest BCUT2D eigenvalue weighted by atomic mass is 35.5. The van der Waals surface area contributed by atoms with Crippen LogP contribution in [0.25, 0.3) is 16.9 Å². The number of nitrogens with one attached hydrogen (secondary N) is 1. The van der Waals surface area contributed by atoms with E-state index in [1.165, 1.54) is 12.3 Å². The van der Waals surface area contributed by atoms with Crippen LogP contribution in [0.2, 0.25) is 5.02 Å². The second-order valence-corrected chi connectivity index (χ2v) is 9.88. The average molecular weight is 527 g/mol. The number of rotatable bonds is 6. The molecule has 0 spiro atoms. The van der Waals surface area contributed by atoms with Crippen molar-refractivity contribution in [3.05, 3.63) is 101 Å². The number of sulfonamides is 1. The zero-order valence-corrected chi connectivity index (χ0v) is 20.2. The summed E-state index contributed by atoms with van der Waals surface area (Å²) in [6.45, 7) is 1.63. The van der Waals surface area contributed by atoms with Gasteiger partial charge in [-0.25, -0.2) is 27.2 Å². The van der Waals surface area contributed by atoms with Crippen molar-refractivity contribution < 1.29 is 21.9 Å². The minimum absolute atomic E-state index is 0.0112. The van der Waals surface area contributed by atoms with Crippen molar-refractivity contribution >= 4 is 33.1 Å². The fraction of sp³-hybridized carbons (Fsp3) is 0.0400. The third-order valence-corrected chi connectivity index (χ3v) is 6.97. The van der Waals surface area contributed by atoms with Gasteiger partial charge in [-0.2, -0.15) is 0 Å². The largest absolute Gasteiger partial charge is 0.453 e. The van der Waals surface area contributed by atoms with E-state index in [9.17, 15) is 12.8 Å². The van der Waals surface area contributed by atoms with Gasteiger partial charge in [-0.15, -0.1) is 0 Å². The Morgan fingerprint density at radius 3 is 2.58 bits per heavy atom. The van der Waals surface area contributed by atoms with E-state index in [4.69, 9.17) is 16.3 Å². The maximum atomic E-state index is 15.0. The molecule has 0 aliphatic heterocycles. The molecule has 0 fully saturated rings. The molecule has 3 aromatic heterocycles. The Morgan fingerprint density at radius 1 is 0.944 bits per heavy atom. The predicted molar refractivity (Wildman–Crippen MR) is 132 cm³/mol. The third kappa shape index (κ3) is 4.48. The number of aromatic nitrogens is 3. The molecule has 5 rings (SSSR count). The minimum Gasteiger partial charge on any atom is -0.453 e. The van der Waals surface area contributed by atoms with Gasteiger partial charge in [-0.3, -0.25) is 9.12 Å². The molecule has 0 radical (unpaired) electrons. The van der Waals surface area contributed by atoms with E-state index >= 15 is 4.39 Å². The first-order chi connectivity index (χ1) is 17.2. The molecule has 0 bridgehead atoms. The Morgan fingerprint density at radius 2 is 1.78 bits per heavy atom. The minimum atomic E-state index is -4.46. The molecule has 5 aromatic rings. The fourth-order valence-electron chi connectivity index (χ4n) is 3.65. The highest BCUT2D eigenvalue weighted by molar-refractivity contribution is 7.92. The number of halogens is 3. The Hall–Kier alpha value is -4.02. The number of aryl methyl sites for hydroxylation is 1. The first kappa shape index (κ1) is 23.7. The monoisotopic (exact) mass is 526 g/mol. The molecule has 0 saturated heterocycles. The summed E-state index contributed by atoms with van der Waals surface area (Å²) in [5.41, 5.74) is 2.33. The normalized spacial score (nSPS) is 11.6. The van der Waals surface area contributed by atoms with Gasteiger partial charge in [0.05, 0.1) is 5.69 Å². The van der Waals surface area contributed by atoms with Crippen molar-refractivity contribution in [2.75, 3.05) is 4.72 Å². The van der Waals surface area contributed by atoms with Gasteiger partial charge in [0.2, 0.25) is 0 Å². The molecule has 0 aliphatic rings. The van der Waals surface area contributed by atoms with E-state index in [1.807, 2.05) is 6.07 Å². The first-order valence-electron chi connectivity index (χ1n) is 10.6. The summed E-state index contributed by atoms with van der Waals surface area (Å²) < 4.78 is 65.2. The zero-order chi connectivity index (χ0) is 25.4. The summed E-state index contributed by atoms with van der Waals surface area (Å²) >= 11 is 6.21. The van der Waals surface area contributed by atoms with E-state index in [2.05, 4.69) is 14.7 Å². The summed E-state index contributed by atoms with van der Waals surface area (Å²) in [4.78, 5) is 7.30. The van der Waals surface area contributed by atoms with E-state index in [0.29, 0.717) is 39.6 Å². The number of hydrogen-bond donors (Lipinski definition) is 1. The van der Waals surface area contributed by atoms with Crippen molar-refractivity contribution in [3.63, 3.8) is 0 Å². The molecule has 0 unspecified atom stereocenters. The predicted octanol–water partition coefficient (Wildman–Crippen LogP) is 6.23. The molecule has 0 atom stereocenters. The molecule has 2 aromatic carbocycles. The van der Waals surface area contributed by atoms with Crippen LogP contribution in [0, 0.1) is 18.6 Å². The van der Waals surface area contributed by atoms with Crippen molar-refractivity contribution in [1.82, 2.24) is 14.4 Å². The number of pyridine rings is 2. The highest BCUT2D eigenvalue weighted by Crippen LogP contribution is 2.37. The van der Waals surface area contributed by atoms with E-state index in [1.54, 1.807) is 60.1 Å². The molecule has 3 heterocycles. The maximum absolute atomic E-state index is 15.0. The number of ether oxygens (including phenoxy) is 1. The molecule has 182 valence electrons. The molecule has 36 heavy (non-hydrogen) atoms. The summed E-state index contributed by atoms with van der Waals surface area (Å²) in [6.07, 6.45) is 4.75. The molecular weight excluding hydrogens is 510 g/mol. The number of benzene rings is 2. The third-order valence-electron chi connectivity index (χ3n) is 5.38. The van der Waals surface area contributed by atoms with Gasteiger partial charge in [0.1, 0.15) is 27.9 Å². The number of imidazole rings is 1. The SMILES string of the molecule is Cc1cccnc1NS(=O)(=O)c1cc(F)c(Oc2ccc(Cl)cc2-c2cccc3nccn23)cc1F. The lowest BCUT2D eigenvalue weighted by atomic mass is 10.1. The van der Waals surface area contributed by atoms with Crippen LogP contribution >= 0.6 is 11.6 Å². The van der Waals surface area contributed by atoms with Gasteiger partial charge in [-0.1, -0.05) is 23.7 Å². The Labute approximate surface area is 210 Å². The van der Waals surface area contributed by atoms with Crippen LogP contribution in [-0.4, -0.2) is 22.8 Å². The van der Waals surface area contributed by atoms with Crippen molar-refractivity contribution in [2.45, 2.75) is 11.8 Å². The fourth-order valence-corrected chi connectivity index (χ4v) is 4.97. The second-order valence-electron chi connectivity index (χ2n) is 7.80. The smallest absolute Gasteiger partial charge is 0.266 e. The summed E-state index contributed by atoms with van der Waals surface area (Å²) in [5, 5.41) is 0.401. The number of hydrogen-bond acceptors (Lipinski definition) is 5. The lowest BCUT2D eigenvalue weighted by Gasteiger charge is -2.15. The average Bonchev–Trinajstić information content (AvgIpc) is 3.33. The first-order valence-corrected chi connectivity index (χ1v) is 12.4. The summed E-state index contributed by atoms with van der Waals surface area (Å²) in [7, 11) is -4.46. The molecule has 0 amide bonds. The molecule has 0 aliphatic carbocycles. The number of nitrogens with zero attached hydrogens (tertiary/aromatic N) is 3. The Balaban J connectivity index is 1.52. The second kappa shape index (κ2) is 9.21. The van der Waals surface area contributed by atoms with Crippen LogP contribution < -0.4 is 9.46 Å². The van der Waals surface area contributed by atoms with Gasteiger partial charge in [0, 0.05) is 41.3 Å². The van der Waals surface area contributed by atoms with Crippen LogP contribution in [0.15, 0.2) is 84.1 Å². The van der Waals surface area contributed by atoms with Gasteiger partial charge in [0.25, 0.3) is 10.0 Å². The lowest BCUT2D eigenvalue weighted by Crippen LogP contribution is -2.16. The summed E-state index contributed by atoms with van der Waals surface area (Å²) in [5.74, 6) is -2.58. The van der Waals surface area contributed by atoms with Crippen LogP contribution in [0.4, 0.5) is 14.6 Å². The number of anilines is 1. The topological polar surface area (TPSA) is 85.6 Å². The molecule has 1 N–H and O–H groups in total. The van der Waals surface area contributed by atoms with Gasteiger partial charge >= 0.3 is 0 Å². The van der Waals surface area contributed by atoms with E-state index in [0.717, 1.165) is 0 Å². The maximum Gasteiger partial charge on any atom is 0.266 e. The molecule has 7 nitrogen and oxygen atoms in total. The Kier molecular flexibility index (Phi) is 6.07. The van der Waals surface area contributed by atoms with Crippen molar-refractivity contribution in [1.29, 1.82) is 0 Å². The molecule has 0 saturated carbocycles. The molecular formula is C25H17ClF2N4O3S. The van der Waals surface area contributed by atoms with Gasteiger partial charge < -0.3 is 4.74 Å². The molecule has 11 heteroatoms. The van der Waals surface area contributed by atoms with E-state index < -0.39 is 32.3 Å². The Bertz CT molecular complexity index is 1720. The zero-order valence-electron chi connectivity index (χ0n) is 18.6. The summed E-state index contributed by atoms with van der Waals surface area (Å²) in [6, 6.07) is 14.6. The lowest BCUT2D eigenvalue weighted by molar-refractivity contribution is 0.433. The van der Waals surface area contributed by atoms with Gasteiger partial charge in [0.15, 0.2) is 11.6 Å². The van der Waals surface area contributed by atoms with Crippen LogP contribution in [0.5, 0.6) is 11.5 Å². The van der Waals surface area contributed by atoms with Crippen LogP contribution in [0.3, 0.4) is 0 Å². The van der Waals surface area contributed by atoms with Crippen molar-refractivity contribution in [2.24, 2.45) is 0 Å². The quantitative estimate of drug-likeness (QED) is 0.283. The van der Waals surface area contributed by atoms with Crippen LogP contribution in [-0.2, 0) is 10.0 Å². The standard InChI is InChI=1S/C25H17ClF2N4O3S/c1-15-4-3-9-30-25(15)31-36(33,34)23-14-18(27)22(13-19(23)28)35-21-8-7-16(26)12-17(21)20-5-2-6-24-29-10-11-32(20)24/h2-14H,1H3,(H,30,31). The highest BCUT2D eigenvalue weighted by Gasteiger charge is 2.24. The van der Waals surface area contributed by atoms with E-state index in [-0.39, 0.29) is 11.6 Å². The van der Waals surface area contributed by atoms with Crippen molar-refractivity contribution in [3.8, 4) is 22.8 Å². The van der Waals surface area contributed by atoms with Crippen LogP contribution in [0.1, 0.15) is 5.56 Å². The number of fused-ring (bicyclic) bond motifs is 1. The van der Waals surface area contributed by atoms with Gasteiger partial charge in [-0.05, 0) is 48.9 Å².